The lowest BCUT2D eigenvalue weighted by atomic mass is 10.1. The van der Waals surface area contributed by atoms with E-state index in [1.807, 2.05) is 0 Å². The van der Waals surface area contributed by atoms with Gasteiger partial charge in [-0.25, -0.2) is 0 Å². The van der Waals surface area contributed by atoms with Crippen LogP contribution in [0.15, 0.2) is 0 Å². The summed E-state index contributed by atoms with van der Waals surface area (Å²) in [5, 5.41) is 3.59. The summed E-state index contributed by atoms with van der Waals surface area (Å²) < 4.78 is 0. The molecule has 2 rings (SSSR count). The molecule has 19 heavy (non-hydrogen) atoms. The van der Waals surface area contributed by atoms with Crippen LogP contribution >= 0.6 is 0 Å². The Bertz CT molecular complexity index is 248. The zero-order valence-corrected chi connectivity index (χ0v) is 13.2. The second-order valence-corrected chi connectivity index (χ2v) is 7.10. The summed E-state index contributed by atoms with van der Waals surface area (Å²) in [4.78, 5) is 5.41. The number of nitrogens with one attached hydrogen (secondary N) is 1. The molecule has 0 aromatic rings. The van der Waals surface area contributed by atoms with Gasteiger partial charge in [0.2, 0.25) is 0 Å². The molecule has 3 heteroatoms. The zero-order chi connectivity index (χ0) is 13.7. The first-order valence-corrected chi connectivity index (χ1v) is 8.32. The van der Waals surface area contributed by atoms with Crippen molar-refractivity contribution in [2.45, 2.75) is 46.1 Å². The summed E-state index contributed by atoms with van der Waals surface area (Å²) in [5.74, 6) is 1.54. The largest absolute Gasteiger partial charge is 0.316 e. The summed E-state index contributed by atoms with van der Waals surface area (Å²) in [6, 6.07) is 0.860. The average Bonchev–Trinajstić information content (AvgIpc) is 2.97. The van der Waals surface area contributed by atoms with E-state index < -0.39 is 0 Å². The van der Waals surface area contributed by atoms with E-state index in [-0.39, 0.29) is 0 Å². The molecule has 0 aliphatic carbocycles. The van der Waals surface area contributed by atoms with E-state index in [2.05, 4.69) is 35.9 Å². The Kier molecular flexibility index (Phi) is 6.11. The van der Waals surface area contributed by atoms with Crippen molar-refractivity contribution in [1.29, 1.82) is 0 Å². The Morgan fingerprint density at radius 1 is 1.05 bits per heavy atom. The molecule has 2 aliphatic heterocycles. The first-order chi connectivity index (χ1) is 9.15. The summed E-state index contributed by atoms with van der Waals surface area (Å²) >= 11 is 0. The van der Waals surface area contributed by atoms with Gasteiger partial charge < -0.3 is 10.2 Å². The molecule has 0 radical (unpaired) electrons. The molecule has 0 saturated carbocycles. The monoisotopic (exact) mass is 267 g/mol. The molecular weight excluding hydrogens is 234 g/mol. The lowest BCUT2D eigenvalue weighted by molar-refractivity contribution is 0.220. The first kappa shape index (κ1) is 15.3. The molecule has 3 nitrogen and oxygen atoms in total. The second-order valence-electron chi connectivity index (χ2n) is 7.10. The third-order valence-electron chi connectivity index (χ3n) is 4.52. The maximum Gasteiger partial charge on any atom is 0.0235 e. The first-order valence-electron chi connectivity index (χ1n) is 8.32. The van der Waals surface area contributed by atoms with Gasteiger partial charge in [-0.2, -0.15) is 0 Å². The van der Waals surface area contributed by atoms with Crippen LogP contribution in [0.5, 0.6) is 0 Å². The highest BCUT2D eigenvalue weighted by molar-refractivity contribution is 4.86. The van der Waals surface area contributed by atoms with Crippen LogP contribution in [-0.2, 0) is 0 Å². The number of hydrogen-bond acceptors (Lipinski definition) is 3. The fourth-order valence-corrected chi connectivity index (χ4v) is 3.51. The smallest absolute Gasteiger partial charge is 0.0235 e. The quantitative estimate of drug-likeness (QED) is 0.761. The Balaban J connectivity index is 1.61. The van der Waals surface area contributed by atoms with Gasteiger partial charge in [-0.3, -0.25) is 4.90 Å². The van der Waals surface area contributed by atoms with E-state index in [1.54, 1.807) is 0 Å². The summed E-state index contributed by atoms with van der Waals surface area (Å²) in [6.07, 6.45) is 4.24. The van der Waals surface area contributed by atoms with Crippen LogP contribution in [0.4, 0.5) is 0 Å². The fourth-order valence-electron chi connectivity index (χ4n) is 3.51. The molecule has 2 heterocycles. The number of nitrogens with zero attached hydrogens (tertiary/aromatic N) is 2. The fraction of sp³-hybridized carbons (Fsp3) is 1.00. The van der Waals surface area contributed by atoms with E-state index in [1.165, 1.54) is 58.5 Å². The summed E-state index contributed by atoms with van der Waals surface area (Å²) in [5.41, 5.74) is 0. The molecule has 1 N–H and O–H groups in total. The van der Waals surface area contributed by atoms with Crippen LogP contribution in [0.1, 0.15) is 40.0 Å². The Labute approximate surface area is 119 Å². The van der Waals surface area contributed by atoms with Crippen LogP contribution in [-0.4, -0.2) is 61.7 Å². The van der Waals surface area contributed by atoms with Crippen molar-refractivity contribution in [3.8, 4) is 0 Å². The van der Waals surface area contributed by atoms with Crippen molar-refractivity contribution >= 4 is 0 Å². The predicted octanol–water partition coefficient (Wildman–Crippen LogP) is 2.04. The molecule has 0 bridgehead atoms. The van der Waals surface area contributed by atoms with Gasteiger partial charge in [-0.05, 0) is 63.8 Å². The highest BCUT2D eigenvalue weighted by Gasteiger charge is 2.29. The van der Waals surface area contributed by atoms with E-state index in [4.69, 9.17) is 0 Å². The van der Waals surface area contributed by atoms with Gasteiger partial charge in [0.1, 0.15) is 0 Å². The second kappa shape index (κ2) is 7.61. The predicted molar refractivity (Wildman–Crippen MR) is 82.5 cm³/mol. The van der Waals surface area contributed by atoms with Crippen molar-refractivity contribution in [2.24, 2.45) is 11.8 Å². The molecule has 2 saturated heterocycles. The molecular formula is C16H33N3. The standard InChI is InChI=1S/C16H33N3/c1-14(2)10-17-11-15(3)12-18-9-6-16(13-18)19-7-4-5-8-19/h14-17H,4-13H2,1-3H3. The molecule has 112 valence electrons. The number of rotatable bonds is 7. The molecule has 2 fully saturated rings. The zero-order valence-electron chi connectivity index (χ0n) is 13.2. The summed E-state index contributed by atoms with van der Waals surface area (Å²) in [6.45, 7) is 15.9. The van der Waals surface area contributed by atoms with Crippen molar-refractivity contribution in [3.05, 3.63) is 0 Å². The van der Waals surface area contributed by atoms with Gasteiger partial charge in [0.05, 0.1) is 0 Å². The number of hydrogen-bond donors (Lipinski definition) is 1. The Hall–Kier alpha value is -0.120. The molecule has 0 aromatic heterocycles. The van der Waals surface area contributed by atoms with E-state index in [9.17, 15) is 0 Å². The van der Waals surface area contributed by atoms with Gasteiger partial charge in [-0.15, -0.1) is 0 Å². The van der Waals surface area contributed by atoms with Crippen molar-refractivity contribution in [2.75, 3.05) is 45.8 Å². The summed E-state index contributed by atoms with van der Waals surface area (Å²) in [7, 11) is 0. The minimum atomic E-state index is 0.763. The maximum atomic E-state index is 3.59. The third-order valence-corrected chi connectivity index (χ3v) is 4.52. The Morgan fingerprint density at radius 3 is 2.47 bits per heavy atom. The highest BCUT2D eigenvalue weighted by Crippen LogP contribution is 2.20. The SMILES string of the molecule is CC(C)CNCC(C)CN1CCC(N2CCCC2)C1. The third kappa shape index (κ3) is 5.05. The van der Waals surface area contributed by atoms with Crippen molar-refractivity contribution < 1.29 is 0 Å². The van der Waals surface area contributed by atoms with Crippen LogP contribution < -0.4 is 5.32 Å². The molecule has 0 spiro atoms. The minimum Gasteiger partial charge on any atom is -0.316 e. The maximum absolute atomic E-state index is 3.59. The van der Waals surface area contributed by atoms with Crippen molar-refractivity contribution in [3.63, 3.8) is 0 Å². The van der Waals surface area contributed by atoms with E-state index >= 15 is 0 Å². The van der Waals surface area contributed by atoms with E-state index in [0.29, 0.717) is 0 Å². The molecule has 0 amide bonds. The van der Waals surface area contributed by atoms with Crippen LogP contribution in [0.3, 0.4) is 0 Å². The molecule has 2 unspecified atom stereocenters. The van der Waals surface area contributed by atoms with Crippen LogP contribution in [0.2, 0.25) is 0 Å². The lowest BCUT2D eigenvalue weighted by Gasteiger charge is -2.25. The normalized spacial score (nSPS) is 27.5. The Morgan fingerprint density at radius 2 is 1.79 bits per heavy atom. The van der Waals surface area contributed by atoms with Gasteiger partial charge in [0, 0.05) is 19.1 Å². The van der Waals surface area contributed by atoms with Crippen molar-refractivity contribution in [1.82, 2.24) is 15.1 Å². The van der Waals surface area contributed by atoms with Gasteiger partial charge in [-0.1, -0.05) is 20.8 Å². The van der Waals surface area contributed by atoms with Crippen LogP contribution in [0, 0.1) is 11.8 Å². The lowest BCUT2D eigenvalue weighted by Crippen LogP contribution is -2.37. The minimum absolute atomic E-state index is 0.763. The van der Waals surface area contributed by atoms with E-state index in [0.717, 1.165) is 24.4 Å². The topological polar surface area (TPSA) is 18.5 Å². The van der Waals surface area contributed by atoms with Crippen LogP contribution in [0.25, 0.3) is 0 Å². The van der Waals surface area contributed by atoms with Gasteiger partial charge >= 0.3 is 0 Å². The van der Waals surface area contributed by atoms with Gasteiger partial charge in [0.25, 0.3) is 0 Å². The number of likely N-dealkylation sites (tertiary alicyclic amines) is 2. The average molecular weight is 267 g/mol. The highest BCUT2D eigenvalue weighted by atomic mass is 15.3. The molecule has 2 aliphatic rings. The van der Waals surface area contributed by atoms with Gasteiger partial charge in [0.15, 0.2) is 0 Å². The molecule has 0 aromatic carbocycles. The molecule has 2 atom stereocenters.